The summed E-state index contributed by atoms with van der Waals surface area (Å²) >= 11 is 0. The highest BCUT2D eigenvalue weighted by molar-refractivity contribution is 4.78. The van der Waals surface area contributed by atoms with Crippen LogP contribution >= 0.6 is 0 Å². The van der Waals surface area contributed by atoms with Crippen LogP contribution in [-0.4, -0.2) is 24.4 Å². The van der Waals surface area contributed by atoms with Crippen molar-refractivity contribution < 1.29 is 0 Å². The third-order valence-electron chi connectivity index (χ3n) is 1.30. The minimum Gasteiger partial charge on any atom is -0.225 e. The van der Waals surface area contributed by atoms with Gasteiger partial charge in [-0.1, -0.05) is 0 Å². The molecule has 2 aliphatic heterocycles. The quantitative estimate of drug-likeness (QED) is 0.336. The summed E-state index contributed by atoms with van der Waals surface area (Å²) in [6.45, 7) is 2.12. The predicted molar refractivity (Wildman–Crippen MR) is 24.8 cm³/mol. The van der Waals surface area contributed by atoms with Crippen molar-refractivity contribution in [2.24, 2.45) is 0 Å². The zero-order chi connectivity index (χ0) is 4.69. The molecule has 2 aliphatic rings. The van der Waals surface area contributed by atoms with Gasteiger partial charge in [0.15, 0.2) is 0 Å². The van der Waals surface area contributed by atoms with Crippen molar-refractivity contribution in [3.63, 3.8) is 0 Å². The normalized spacial score (nSPS) is 48.0. The molecule has 3 N–H and O–H groups in total. The molecular formula is C3H8N4. The predicted octanol–water partition coefficient (Wildman–Crippen LogP) is -1.80. The van der Waals surface area contributed by atoms with Crippen LogP contribution in [0.5, 0.6) is 0 Å². The maximum Gasteiger partial charge on any atom is 0.0521 e. The molecule has 0 amide bonds. The maximum absolute atomic E-state index is 3.14. The van der Waals surface area contributed by atoms with Gasteiger partial charge < -0.3 is 0 Å². The Labute approximate surface area is 41.8 Å². The van der Waals surface area contributed by atoms with E-state index in [2.05, 4.69) is 16.3 Å². The van der Waals surface area contributed by atoms with Crippen LogP contribution in [0.15, 0.2) is 0 Å². The Morgan fingerprint density at radius 2 is 2.00 bits per heavy atom. The zero-order valence-electron chi connectivity index (χ0n) is 3.94. The molecule has 0 aliphatic carbocycles. The highest BCUT2D eigenvalue weighted by Crippen LogP contribution is 1.95. The maximum atomic E-state index is 3.14. The van der Waals surface area contributed by atoms with Crippen LogP contribution in [0.2, 0.25) is 0 Å². The lowest BCUT2D eigenvalue weighted by atomic mass is 10.3. The Morgan fingerprint density at radius 3 is 2.14 bits per heavy atom. The molecule has 4 nitrogen and oxygen atoms in total. The molecule has 0 radical (unpaired) electrons. The van der Waals surface area contributed by atoms with E-state index in [0.29, 0.717) is 6.04 Å². The van der Waals surface area contributed by atoms with E-state index in [1.807, 2.05) is 5.23 Å². The SMILES string of the molecule is C1NN2NCC1N2. The standard InChI is InChI=1S/C3H8N4/c1-3-2-5-7(4-1)6-3/h3-6H,1-2H2. The first-order chi connectivity index (χ1) is 3.45. The van der Waals surface area contributed by atoms with E-state index >= 15 is 0 Å². The molecule has 2 saturated heterocycles. The summed E-state index contributed by atoms with van der Waals surface area (Å²) in [5.74, 6) is 0. The van der Waals surface area contributed by atoms with Crippen molar-refractivity contribution in [1.29, 1.82) is 0 Å². The number of hydrazine groups is 3. The van der Waals surface area contributed by atoms with Crippen molar-refractivity contribution in [3.8, 4) is 0 Å². The van der Waals surface area contributed by atoms with Crippen LogP contribution in [0, 0.1) is 0 Å². The summed E-state index contributed by atoms with van der Waals surface area (Å²) in [4.78, 5) is 0. The molecule has 0 unspecified atom stereocenters. The fourth-order valence-corrected chi connectivity index (χ4v) is 0.896. The van der Waals surface area contributed by atoms with Gasteiger partial charge in [0.2, 0.25) is 0 Å². The zero-order valence-corrected chi connectivity index (χ0v) is 3.94. The number of hydrogen-bond acceptors (Lipinski definition) is 4. The Kier molecular flexibility index (Phi) is 0.631. The minimum atomic E-state index is 0.625. The van der Waals surface area contributed by atoms with Gasteiger partial charge in [-0.3, -0.25) is 0 Å². The third kappa shape index (κ3) is 0.450. The van der Waals surface area contributed by atoms with Crippen molar-refractivity contribution in [2.75, 3.05) is 13.1 Å². The smallest absolute Gasteiger partial charge is 0.0521 e. The molecule has 0 atom stereocenters. The van der Waals surface area contributed by atoms with E-state index in [0.717, 1.165) is 13.1 Å². The van der Waals surface area contributed by atoms with Gasteiger partial charge in [-0.05, 0) is 0 Å². The van der Waals surface area contributed by atoms with Crippen molar-refractivity contribution in [2.45, 2.75) is 6.04 Å². The first-order valence-electron chi connectivity index (χ1n) is 2.48. The summed E-state index contributed by atoms with van der Waals surface area (Å²) < 4.78 is 0. The van der Waals surface area contributed by atoms with E-state index in [-0.39, 0.29) is 0 Å². The molecule has 0 saturated carbocycles. The van der Waals surface area contributed by atoms with Gasteiger partial charge in [0.1, 0.15) is 0 Å². The molecule has 0 aromatic rings. The summed E-state index contributed by atoms with van der Waals surface area (Å²) in [5.41, 5.74) is 9.27. The molecule has 2 fully saturated rings. The van der Waals surface area contributed by atoms with Gasteiger partial charge in [0, 0.05) is 13.1 Å². The lowest BCUT2D eigenvalue weighted by Gasteiger charge is -2.10. The molecular weight excluding hydrogens is 92.1 g/mol. The Hall–Kier alpha value is -0.160. The molecule has 0 aromatic heterocycles. The highest BCUT2D eigenvalue weighted by Gasteiger charge is 2.27. The molecule has 2 heterocycles. The molecule has 0 aromatic carbocycles. The Balaban J connectivity index is 2.12. The van der Waals surface area contributed by atoms with Gasteiger partial charge in [-0.2, -0.15) is 0 Å². The number of nitrogens with one attached hydrogen (secondary N) is 3. The van der Waals surface area contributed by atoms with Crippen molar-refractivity contribution in [1.82, 2.24) is 21.5 Å². The van der Waals surface area contributed by atoms with E-state index in [1.54, 1.807) is 0 Å². The number of hydrogen-bond donors (Lipinski definition) is 3. The van der Waals surface area contributed by atoms with Crippen molar-refractivity contribution >= 4 is 0 Å². The van der Waals surface area contributed by atoms with Crippen LogP contribution in [0.4, 0.5) is 0 Å². The van der Waals surface area contributed by atoms with E-state index < -0.39 is 0 Å². The Bertz CT molecular complexity index is 65.0. The minimum absolute atomic E-state index is 0.625. The second kappa shape index (κ2) is 1.16. The molecule has 4 heteroatoms. The lowest BCUT2D eigenvalue weighted by Crippen LogP contribution is -2.45. The largest absolute Gasteiger partial charge is 0.225 e. The molecule has 7 heavy (non-hydrogen) atoms. The van der Waals surface area contributed by atoms with Crippen LogP contribution in [-0.2, 0) is 0 Å². The van der Waals surface area contributed by atoms with E-state index in [4.69, 9.17) is 0 Å². The highest BCUT2D eigenvalue weighted by atomic mass is 15.9. The van der Waals surface area contributed by atoms with Gasteiger partial charge in [0.25, 0.3) is 0 Å². The number of nitrogens with zero attached hydrogens (tertiary/aromatic N) is 1. The van der Waals surface area contributed by atoms with Gasteiger partial charge in [-0.25, -0.2) is 16.3 Å². The average Bonchev–Trinajstić information content (AvgIpc) is 2.22. The molecule has 2 bridgehead atoms. The van der Waals surface area contributed by atoms with Crippen LogP contribution in [0.1, 0.15) is 0 Å². The molecule has 0 spiro atoms. The van der Waals surface area contributed by atoms with Gasteiger partial charge in [-0.15, -0.1) is 5.23 Å². The second-order valence-corrected chi connectivity index (χ2v) is 1.89. The third-order valence-corrected chi connectivity index (χ3v) is 1.30. The summed E-state index contributed by atoms with van der Waals surface area (Å²) in [5, 5.41) is 1.81. The monoisotopic (exact) mass is 100 g/mol. The van der Waals surface area contributed by atoms with E-state index in [1.165, 1.54) is 0 Å². The fourth-order valence-electron chi connectivity index (χ4n) is 0.896. The molecule has 40 valence electrons. The average molecular weight is 100 g/mol. The van der Waals surface area contributed by atoms with Crippen LogP contribution in [0.25, 0.3) is 0 Å². The summed E-state index contributed by atoms with van der Waals surface area (Å²) in [6, 6.07) is 0.625. The lowest BCUT2D eigenvalue weighted by molar-refractivity contribution is 0.138. The first kappa shape index (κ1) is 3.80. The summed E-state index contributed by atoms with van der Waals surface area (Å²) in [6.07, 6.45) is 0. The van der Waals surface area contributed by atoms with Crippen LogP contribution < -0.4 is 16.3 Å². The van der Waals surface area contributed by atoms with Gasteiger partial charge >= 0.3 is 0 Å². The Morgan fingerprint density at radius 1 is 1.29 bits per heavy atom. The fraction of sp³-hybridized carbons (Fsp3) is 1.00. The second-order valence-electron chi connectivity index (χ2n) is 1.89. The van der Waals surface area contributed by atoms with Gasteiger partial charge in [0.05, 0.1) is 6.04 Å². The topological polar surface area (TPSA) is 39.3 Å². The van der Waals surface area contributed by atoms with Crippen LogP contribution in [0.3, 0.4) is 0 Å². The number of fused-ring (bicyclic) bond motifs is 2. The van der Waals surface area contributed by atoms with Crippen molar-refractivity contribution in [3.05, 3.63) is 0 Å². The number of rotatable bonds is 0. The van der Waals surface area contributed by atoms with E-state index in [9.17, 15) is 0 Å². The first-order valence-corrected chi connectivity index (χ1v) is 2.48. The molecule has 2 rings (SSSR count). The summed E-state index contributed by atoms with van der Waals surface area (Å²) in [7, 11) is 0.